The van der Waals surface area contributed by atoms with Crippen LogP contribution in [0.2, 0.25) is 0 Å². The lowest BCUT2D eigenvalue weighted by atomic mass is 10.1. The summed E-state index contributed by atoms with van der Waals surface area (Å²) in [5.41, 5.74) is 0.966. The Kier molecular flexibility index (Phi) is 23.9. The summed E-state index contributed by atoms with van der Waals surface area (Å²) in [7, 11) is -0.752. The van der Waals surface area contributed by atoms with Crippen molar-refractivity contribution in [2.24, 2.45) is 0 Å². The summed E-state index contributed by atoms with van der Waals surface area (Å²) in [6, 6.07) is 0. The molecule has 0 aromatic carbocycles. The lowest BCUT2D eigenvalue weighted by Crippen LogP contribution is -2.18. The predicted octanol–water partition coefficient (Wildman–Crippen LogP) is 11.7. The second kappa shape index (κ2) is 23.6. The molecule has 0 saturated carbocycles. The first-order valence-electron chi connectivity index (χ1n) is 15.0. The maximum atomic E-state index is 2.59. The van der Waals surface area contributed by atoms with Crippen molar-refractivity contribution in [1.29, 1.82) is 0 Å². The van der Waals surface area contributed by atoms with E-state index in [2.05, 4.69) is 34.6 Å². The summed E-state index contributed by atoms with van der Waals surface area (Å²) in [6.45, 7) is 12.2. The quantitative estimate of drug-likeness (QED) is 0.0948. The second-order valence-electron chi connectivity index (χ2n) is 10.8. The van der Waals surface area contributed by atoms with Crippen molar-refractivity contribution < 1.29 is 0 Å². The fraction of sp³-hybridized carbons (Fsp3) is 1.00. The maximum absolute atomic E-state index is 2.59. The van der Waals surface area contributed by atoms with Gasteiger partial charge in [-0.25, -0.2) is 0 Å². The van der Waals surface area contributed by atoms with Gasteiger partial charge in [0.25, 0.3) is 0 Å². The minimum Gasteiger partial charge on any atom is -0.0654 e. The Bertz CT molecular complexity index is 290. The van der Waals surface area contributed by atoms with Crippen LogP contribution in [0.3, 0.4) is 0 Å². The van der Waals surface area contributed by atoms with Crippen molar-refractivity contribution in [3.05, 3.63) is 0 Å². The van der Waals surface area contributed by atoms with E-state index < -0.39 is 7.26 Å². The van der Waals surface area contributed by atoms with Gasteiger partial charge in [0.1, 0.15) is 0 Å². The van der Waals surface area contributed by atoms with E-state index in [4.69, 9.17) is 0 Å². The Hall–Kier alpha value is 0.430. The zero-order valence-electron chi connectivity index (χ0n) is 23.0. The van der Waals surface area contributed by atoms with Gasteiger partial charge in [0.2, 0.25) is 0 Å². The van der Waals surface area contributed by atoms with Gasteiger partial charge in [-0.05, 0) is 52.4 Å². The van der Waals surface area contributed by atoms with Gasteiger partial charge in [-0.15, -0.1) is 0 Å². The fourth-order valence-corrected chi connectivity index (χ4v) is 10.0. The number of hydrogen-bond donors (Lipinski definition) is 0. The Labute approximate surface area is 200 Å². The van der Waals surface area contributed by atoms with E-state index in [0.29, 0.717) is 0 Å². The minimum absolute atomic E-state index is 0.752. The van der Waals surface area contributed by atoms with E-state index in [9.17, 15) is 0 Å². The van der Waals surface area contributed by atoms with Gasteiger partial charge in [-0.1, -0.05) is 117 Å². The summed E-state index contributed by atoms with van der Waals surface area (Å²) >= 11 is 0. The molecule has 188 valence electrons. The monoisotopic (exact) mass is 455 g/mol. The summed E-state index contributed by atoms with van der Waals surface area (Å²) in [6.07, 6.45) is 35.8. The van der Waals surface area contributed by atoms with E-state index in [0.717, 1.165) is 5.66 Å². The third kappa shape index (κ3) is 18.5. The fourth-order valence-electron chi connectivity index (χ4n) is 5.26. The van der Waals surface area contributed by atoms with Crippen LogP contribution < -0.4 is 0 Å². The topological polar surface area (TPSA) is 0 Å². The van der Waals surface area contributed by atoms with Crippen molar-refractivity contribution in [1.82, 2.24) is 0 Å². The molecule has 0 aromatic rings. The first-order chi connectivity index (χ1) is 15.1. The molecule has 1 heteroatoms. The van der Waals surface area contributed by atoms with Crippen molar-refractivity contribution in [2.45, 2.75) is 175 Å². The highest BCUT2D eigenvalue weighted by Gasteiger charge is 2.38. The summed E-state index contributed by atoms with van der Waals surface area (Å²) in [5, 5.41) is 0. The zero-order chi connectivity index (χ0) is 23.0. The molecule has 0 spiro atoms. The first-order valence-corrected chi connectivity index (χ1v) is 17.4. The minimum atomic E-state index is -0.752. The van der Waals surface area contributed by atoms with Crippen LogP contribution >= 0.6 is 7.26 Å². The average molecular weight is 456 g/mol. The molecular weight excluding hydrogens is 391 g/mol. The molecule has 0 aliphatic rings. The molecule has 0 aliphatic carbocycles. The molecular formula is C30H64P+. The summed E-state index contributed by atoms with van der Waals surface area (Å²) < 4.78 is 0. The molecule has 0 aromatic heterocycles. The van der Waals surface area contributed by atoms with Gasteiger partial charge in [0.15, 0.2) is 0 Å². The average Bonchev–Trinajstić information content (AvgIpc) is 2.76. The Morgan fingerprint density at radius 3 is 0.806 bits per heavy atom. The predicted molar refractivity (Wildman–Crippen MR) is 151 cm³/mol. The molecule has 0 unspecified atom stereocenters. The van der Waals surface area contributed by atoms with Crippen LogP contribution in [0, 0.1) is 0 Å². The molecule has 0 atom stereocenters. The van der Waals surface area contributed by atoms with Crippen LogP contribution in [0.5, 0.6) is 0 Å². The lowest BCUT2D eigenvalue weighted by Gasteiger charge is -2.32. The zero-order valence-corrected chi connectivity index (χ0v) is 23.9. The maximum Gasteiger partial charge on any atom is 0.0641 e. The molecule has 0 N–H and O–H groups in total. The van der Waals surface area contributed by atoms with Crippen molar-refractivity contribution in [2.75, 3.05) is 18.5 Å². The SMILES string of the molecule is CCCCCCCCC[P+](CCCCCCCCC)(CCCCCCCCC)C(C)C. The number of hydrogen-bond acceptors (Lipinski definition) is 0. The molecule has 0 nitrogen and oxygen atoms in total. The van der Waals surface area contributed by atoms with Gasteiger partial charge < -0.3 is 0 Å². The van der Waals surface area contributed by atoms with Gasteiger partial charge >= 0.3 is 0 Å². The van der Waals surface area contributed by atoms with Crippen LogP contribution in [-0.2, 0) is 0 Å². The van der Waals surface area contributed by atoms with Crippen LogP contribution in [0.15, 0.2) is 0 Å². The van der Waals surface area contributed by atoms with Crippen LogP contribution in [0.4, 0.5) is 0 Å². The molecule has 0 heterocycles. The lowest BCUT2D eigenvalue weighted by molar-refractivity contribution is 0.594. The molecule has 31 heavy (non-hydrogen) atoms. The largest absolute Gasteiger partial charge is 0.0654 e. The van der Waals surface area contributed by atoms with E-state index in [1.165, 1.54) is 135 Å². The van der Waals surface area contributed by atoms with Crippen LogP contribution in [0.25, 0.3) is 0 Å². The van der Waals surface area contributed by atoms with Gasteiger partial charge in [-0.3, -0.25) is 0 Å². The van der Waals surface area contributed by atoms with Gasteiger partial charge in [0, 0.05) is 7.26 Å². The van der Waals surface area contributed by atoms with Gasteiger partial charge in [-0.2, -0.15) is 0 Å². The third-order valence-electron chi connectivity index (χ3n) is 7.72. The summed E-state index contributed by atoms with van der Waals surface area (Å²) in [5.74, 6) is 0. The molecule has 0 radical (unpaired) electrons. The van der Waals surface area contributed by atoms with E-state index in [-0.39, 0.29) is 0 Å². The standard InChI is InChI=1S/C30H64P/c1-6-9-12-15-18-21-24-27-31(30(4)5,28-25-22-19-16-13-10-7-2)29-26-23-20-17-14-11-8-3/h30H,6-29H2,1-5H3/q+1. The Morgan fingerprint density at radius 2 is 0.581 bits per heavy atom. The Balaban J connectivity index is 4.43. The van der Waals surface area contributed by atoms with E-state index in [1.54, 1.807) is 18.5 Å². The van der Waals surface area contributed by atoms with Crippen molar-refractivity contribution in [3.63, 3.8) is 0 Å². The van der Waals surface area contributed by atoms with E-state index in [1.807, 2.05) is 0 Å². The third-order valence-corrected chi connectivity index (χ3v) is 13.5. The highest BCUT2D eigenvalue weighted by atomic mass is 31.2. The summed E-state index contributed by atoms with van der Waals surface area (Å²) in [4.78, 5) is 0. The number of unbranched alkanes of at least 4 members (excludes halogenated alkanes) is 18. The molecule has 0 saturated heterocycles. The van der Waals surface area contributed by atoms with E-state index >= 15 is 0 Å². The molecule has 0 aliphatic heterocycles. The van der Waals surface area contributed by atoms with Crippen LogP contribution in [0.1, 0.15) is 169 Å². The smallest absolute Gasteiger partial charge is 0.0641 e. The first kappa shape index (κ1) is 31.4. The van der Waals surface area contributed by atoms with Crippen LogP contribution in [-0.4, -0.2) is 24.1 Å². The highest BCUT2D eigenvalue weighted by molar-refractivity contribution is 7.76. The van der Waals surface area contributed by atoms with Crippen molar-refractivity contribution >= 4 is 7.26 Å². The molecule has 0 fully saturated rings. The molecule has 0 rings (SSSR count). The normalized spacial score (nSPS) is 12.2. The second-order valence-corrected chi connectivity index (χ2v) is 15.7. The Morgan fingerprint density at radius 1 is 0.355 bits per heavy atom. The molecule has 0 bridgehead atoms. The van der Waals surface area contributed by atoms with Gasteiger partial charge in [0.05, 0.1) is 24.1 Å². The molecule has 0 amide bonds. The number of rotatable bonds is 25. The van der Waals surface area contributed by atoms with Crippen molar-refractivity contribution in [3.8, 4) is 0 Å². The highest BCUT2D eigenvalue weighted by Crippen LogP contribution is 2.64.